The van der Waals surface area contributed by atoms with E-state index >= 15 is 0 Å². The Morgan fingerprint density at radius 3 is 2.92 bits per heavy atom. The number of fused-ring (bicyclic) bond motifs is 3. The number of benzene rings is 1. The molecular formula is C20H25NO3S. The van der Waals surface area contributed by atoms with E-state index in [1.807, 2.05) is 30.0 Å². The van der Waals surface area contributed by atoms with E-state index < -0.39 is 6.29 Å². The van der Waals surface area contributed by atoms with Crippen LogP contribution >= 0.6 is 11.8 Å². The number of ether oxygens (including phenoxy) is 2. The lowest BCUT2D eigenvalue weighted by Gasteiger charge is -2.38. The van der Waals surface area contributed by atoms with Crippen molar-refractivity contribution in [1.82, 2.24) is 4.90 Å². The average Bonchev–Trinajstić information content (AvgIpc) is 3.12. The third-order valence-corrected chi connectivity index (χ3v) is 7.76. The molecule has 4 nitrogen and oxygen atoms in total. The molecule has 1 saturated carbocycles. The van der Waals surface area contributed by atoms with Crippen molar-refractivity contribution in [3.63, 3.8) is 0 Å². The predicted octanol–water partition coefficient (Wildman–Crippen LogP) is 3.20. The molecule has 0 amide bonds. The highest BCUT2D eigenvalue weighted by atomic mass is 32.2. The second-order valence-electron chi connectivity index (χ2n) is 7.65. The average molecular weight is 359 g/mol. The number of hydrogen-bond donors (Lipinski definition) is 1. The molecule has 1 spiro atoms. The zero-order chi connectivity index (χ0) is 17.0. The summed E-state index contributed by atoms with van der Waals surface area (Å²) in [5.41, 5.74) is 1.14. The Hall–Kier alpha value is -1.01. The molecule has 3 aliphatic heterocycles. The molecule has 3 fully saturated rings. The maximum atomic E-state index is 10.2. The summed E-state index contributed by atoms with van der Waals surface area (Å²) in [6.07, 6.45) is 7.07. The minimum Gasteiger partial charge on any atom is -0.497 e. The zero-order valence-electron chi connectivity index (χ0n) is 14.6. The number of methoxy groups -OCH3 is 1. The molecule has 25 heavy (non-hydrogen) atoms. The van der Waals surface area contributed by atoms with Crippen LogP contribution in [0.5, 0.6) is 5.75 Å². The minimum absolute atomic E-state index is 0.207. The summed E-state index contributed by atoms with van der Waals surface area (Å²) >= 11 is 1.97. The second-order valence-corrected chi connectivity index (χ2v) is 8.96. The van der Waals surface area contributed by atoms with Gasteiger partial charge in [0.05, 0.1) is 7.11 Å². The van der Waals surface area contributed by atoms with E-state index in [-0.39, 0.29) is 5.60 Å². The first-order chi connectivity index (χ1) is 12.2. The maximum absolute atomic E-state index is 10.2. The van der Waals surface area contributed by atoms with E-state index in [0.717, 1.165) is 18.6 Å². The lowest BCUT2D eigenvalue weighted by molar-refractivity contribution is -0.139. The van der Waals surface area contributed by atoms with E-state index in [9.17, 15) is 5.11 Å². The summed E-state index contributed by atoms with van der Waals surface area (Å²) in [4.78, 5) is 3.99. The molecule has 4 aliphatic rings. The Morgan fingerprint density at radius 2 is 2.12 bits per heavy atom. The molecule has 1 aromatic rings. The van der Waals surface area contributed by atoms with Crippen molar-refractivity contribution in [2.24, 2.45) is 0 Å². The van der Waals surface area contributed by atoms with Crippen LogP contribution in [0.3, 0.4) is 0 Å². The number of aliphatic hydroxyl groups is 1. The van der Waals surface area contributed by atoms with E-state index in [4.69, 9.17) is 9.47 Å². The van der Waals surface area contributed by atoms with Gasteiger partial charge >= 0.3 is 0 Å². The molecule has 3 heterocycles. The molecule has 2 unspecified atom stereocenters. The number of nitrogens with zero attached hydrogens (tertiary/aromatic N) is 1. The number of aliphatic hydroxyl groups excluding tert-OH is 1. The lowest BCUT2D eigenvalue weighted by Crippen LogP contribution is -2.48. The van der Waals surface area contributed by atoms with Crippen LogP contribution < -0.4 is 4.74 Å². The molecule has 2 bridgehead atoms. The van der Waals surface area contributed by atoms with Gasteiger partial charge in [0.1, 0.15) is 11.4 Å². The third-order valence-electron chi connectivity index (χ3n) is 6.44. The van der Waals surface area contributed by atoms with Crippen molar-refractivity contribution in [2.45, 2.75) is 66.2 Å². The Labute approximate surface area is 153 Å². The first-order valence-corrected chi connectivity index (χ1v) is 10.2. The maximum Gasteiger partial charge on any atom is 0.175 e. The Kier molecular flexibility index (Phi) is 3.89. The fourth-order valence-electron chi connectivity index (χ4n) is 5.41. The number of piperidine rings is 1. The molecule has 2 saturated heterocycles. The standard InChI is InChI=1S/C20H25NO3S/c1-23-14-5-7-15(8-6-14)25-17-10-13-11-19(22)24-20(13)12-16(17)21-9-3-2-4-18(20)21/h5-8,11,16-19,22H,2-4,9-10,12H2,1H3/t16-,17?,18+,19?,20-/m0/s1. The molecule has 1 aliphatic carbocycles. The SMILES string of the molecule is COc1ccc(SC2CC3=CC(O)O[C@@]34C[C@@H]2N2CCCC[C@@H]24)cc1. The van der Waals surface area contributed by atoms with Crippen LogP contribution in [0.25, 0.3) is 0 Å². The van der Waals surface area contributed by atoms with Gasteiger partial charge in [-0.1, -0.05) is 6.42 Å². The fraction of sp³-hybridized carbons (Fsp3) is 0.600. The quantitative estimate of drug-likeness (QED) is 0.840. The van der Waals surface area contributed by atoms with Crippen molar-refractivity contribution in [1.29, 1.82) is 0 Å². The highest BCUT2D eigenvalue weighted by Crippen LogP contribution is 2.57. The molecule has 5 atom stereocenters. The number of rotatable bonds is 3. The van der Waals surface area contributed by atoms with E-state index in [1.165, 1.54) is 36.3 Å². The predicted molar refractivity (Wildman–Crippen MR) is 97.9 cm³/mol. The number of thioether (sulfide) groups is 1. The van der Waals surface area contributed by atoms with Gasteiger partial charge in [-0.15, -0.1) is 11.8 Å². The monoisotopic (exact) mass is 359 g/mol. The van der Waals surface area contributed by atoms with Crippen molar-refractivity contribution in [2.75, 3.05) is 13.7 Å². The smallest absolute Gasteiger partial charge is 0.175 e. The first kappa shape index (κ1) is 16.2. The van der Waals surface area contributed by atoms with Crippen molar-refractivity contribution in [3.05, 3.63) is 35.9 Å². The first-order valence-electron chi connectivity index (χ1n) is 9.33. The van der Waals surface area contributed by atoms with Gasteiger partial charge in [0, 0.05) is 22.2 Å². The van der Waals surface area contributed by atoms with Crippen LogP contribution in [-0.2, 0) is 4.74 Å². The van der Waals surface area contributed by atoms with Crippen molar-refractivity contribution in [3.8, 4) is 5.75 Å². The zero-order valence-corrected chi connectivity index (χ0v) is 15.4. The van der Waals surface area contributed by atoms with Crippen molar-refractivity contribution >= 4 is 11.8 Å². The van der Waals surface area contributed by atoms with E-state index in [0.29, 0.717) is 17.3 Å². The third kappa shape index (κ3) is 2.47. The minimum atomic E-state index is -0.720. The molecule has 0 aromatic heterocycles. The topological polar surface area (TPSA) is 41.9 Å². The van der Waals surface area contributed by atoms with Crippen LogP contribution in [0.2, 0.25) is 0 Å². The molecule has 5 heteroatoms. The van der Waals surface area contributed by atoms with Gasteiger partial charge < -0.3 is 14.6 Å². The van der Waals surface area contributed by atoms with E-state index in [1.54, 1.807) is 7.11 Å². The largest absolute Gasteiger partial charge is 0.497 e. The Morgan fingerprint density at radius 1 is 1.28 bits per heavy atom. The van der Waals surface area contributed by atoms with Crippen LogP contribution in [0.1, 0.15) is 32.1 Å². The van der Waals surface area contributed by atoms with Gasteiger partial charge in [-0.05, 0) is 68.1 Å². The molecule has 0 radical (unpaired) electrons. The van der Waals surface area contributed by atoms with Crippen molar-refractivity contribution < 1.29 is 14.6 Å². The van der Waals surface area contributed by atoms with Crippen LogP contribution in [0.15, 0.2) is 40.8 Å². The molecule has 5 rings (SSSR count). The van der Waals surface area contributed by atoms with Gasteiger partial charge in [-0.25, -0.2) is 0 Å². The fourth-order valence-corrected chi connectivity index (χ4v) is 6.73. The summed E-state index contributed by atoms with van der Waals surface area (Å²) in [6.45, 7) is 1.17. The van der Waals surface area contributed by atoms with Gasteiger partial charge in [-0.3, -0.25) is 4.90 Å². The molecule has 1 N–H and O–H groups in total. The normalized spacial score (nSPS) is 39.7. The molecular weight excluding hydrogens is 334 g/mol. The van der Waals surface area contributed by atoms with Crippen LogP contribution in [-0.4, -0.2) is 52.9 Å². The highest BCUT2D eigenvalue weighted by Gasteiger charge is 2.62. The summed E-state index contributed by atoms with van der Waals surface area (Å²) < 4.78 is 11.4. The number of hydrogen-bond acceptors (Lipinski definition) is 5. The highest BCUT2D eigenvalue weighted by molar-refractivity contribution is 8.00. The second kappa shape index (κ2) is 6.02. The van der Waals surface area contributed by atoms with Crippen LogP contribution in [0.4, 0.5) is 0 Å². The Bertz CT molecular complexity index is 691. The van der Waals surface area contributed by atoms with Gasteiger partial charge in [-0.2, -0.15) is 0 Å². The summed E-state index contributed by atoms with van der Waals surface area (Å²) in [6, 6.07) is 9.38. The summed E-state index contributed by atoms with van der Waals surface area (Å²) in [7, 11) is 1.70. The summed E-state index contributed by atoms with van der Waals surface area (Å²) in [5, 5.41) is 10.7. The molecule has 134 valence electrons. The van der Waals surface area contributed by atoms with Gasteiger partial charge in [0.2, 0.25) is 0 Å². The Balaban J connectivity index is 1.44. The lowest BCUT2D eigenvalue weighted by atomic mass is 9.77. The van der Waals surface area contributed by atoms with Gasteiger partial charge in [0.25, 0.3) is 0 Å². The van der Waals surface area contributed by atoms with Crippen LogP contribution in [0, 0.1) is 0 Å². The van der Waals surface area contributed by atoms with E-state index in [2.05, 4.69) is 17.0 Å². The summed E-state index contributed by atoms with van der Waals surface area (Å²) in [5.74, 6) is 0.902. The molecule has 1 aromatic carbocycles. The van der Waals surface area contributed by atoms with Gasteiger partial charge in [0.15, 0.2) is 6.29 Å².